The van der Waals surface area contributed by atoms with Gasteiger partial charge in [0.25, 0.3) is 0 Å². The van der Waals surface area contributed by atoms with Gasteiger partial charge in [-0.1, -0.05) is 44.1 Å². The molecule has 0 spiro atoms. The number of piperazine rings is 1. The lowest BCUT2D eigenvalue weighted by atomic mass is 10.1. The summed E-state index contributed by atoms with van der Waals surface area (Å²) < 4.78 is 27.5. The molecule has 1 aliphatic carbocycles. The Morgan fingerprint density at radius 1 is 1.15 bits per heavy atom. The van der Waals surface area contributed by atoms with E-state index in [0.717, 1.165) is 38.0 Å². The summed E-state index contributed by atoms with van der Waals surface area (Å²) in [6, 6.07) is -0.00547. The van der Waals surface area contributed by atoms with Gasteiger partial charge in [-0.05, 0) is 64.6 Å². The summed E-state index contributed by atoms with van der Waals surface area (Å²) in [5.41, 5.74) is -0.271. The fourth-order valence-electron chi connectivity index (χ4n) is 5.27. The molecule has 8 nitrogen and oxygen atoms in total. The van der Waals surface area contributed by atoms with Crippen molar-refractivity contribution in [3.05, 3.63) is 17.2 Å². The fraction of sp³-hybridized carbons (Fsp3) is 0.724. The number of rotatable bonds is 7. The number of carbonyl (C=O) groups excluding carboxylic acids is 1. The molecule has 2 bridgehead atoms. The van der Waals surface area contributed by atoms with Crippen molar-refractivity contribution >= 4 is 54.5 Å². The van der Waals surface area contributed by atoms with Crippen molar-refractivity contribution in [1.29, 1.82) is 0 Å². The summed E-state index contributed by atoms with van der Waals surface area (Å²) in [5.74, 6) is 0.820. The number of ether oxygens (including phenoxy) is 1. The number of halogens is 2. The lowest BCUT2D eigenvalue weighted by Gasteiger charge is -2.42. The highest BCUT2D eigenvalue weighted by Crippen LogP contribution is 2.51. The highest BCUT2D eigenvalue weighted by molar-refractivity contribution is 7.99. The smallest absolute Gasteiger partial charge is 0.410 e. The molecule has 0 N–H and O–H groups in total. The molecule has 41 heavy (non-hydrogen) atoms. The molecule has 2 aromatic heterocycles. The molecule has 3 aliphatic rings. The molecule has 0 aromatic carbocycles. The van der Waals surface area contributed by atoms with Crippen LogP contribution >= 0.6 is 23.4 Å². The van der Waals surface area contributed by atoms with Crippen LogP contribution in [-0.2, 0) is 9.16 Å². The van der Waals surface area contributed by atoms with Gasteiger partial charge in [0, 0.05) is 37.1 Å². The van der Waals surface area contributed by atoms with Crippen LogP contribution in [0.3, 0.4) is 0 Å². The maximum atomic E-state index is 15.3. The van der Waals surface area contributed by atoms with Crippen molar-refractivity contribution in [3.8, 4) is 0 Å². The van der Waals surface area contributed by atoms with Gasteiger partial charge in [-0.25, -0.2) is 24.1 Å². The topological polar surface area (TPSA) is 80.7 Å². The molecule has 0 radical (unpaired) electrons. The van der Waals surface area contributed by atoms with E-state index in [0.29, 0.717) is 29.5 Å². The van der Waals surface area contributed by atoms with Gasteiger partial charge >= 0.3 is 6.09 Å². The Morgan fingerprint density at radius 3 is 2.34 bits per heavy atom. The number of carbonyl (C=O) groups is 1. The molecule has 1 amide bonds. The van der Waals surface area contributed by atoms with Gasteiger partial charge in [-0.2, -0.15) is 0 Å². The van der Waals surface area contributed by atoms with Crippen molar-refractivity contribution in [2.24, 2.45) is 5.41 Å². The summed E-state index contributed by atoms with van der Waals surface area (Å²) in [6.45, 7) is 18.9. The van der Waals surface area contributed by atoms with Crippen LogP contribution in [0.2, 0.25) is 23.3 Å². The number of thioether (sulfide) groups is 1. The van der Waals surface area contributed by atoms with Crippen LogP contribution in [-0.4, -0.2) is 77.4 Å². The number of pyridine rings is 1. The van der Waals surface area contributed by atoms with Crippen LogP contribution in [0.1, 0.15) is 67.2 Å². The van der Waals surface area contributed by atoms with Crippen molar-refractivity contribution in [2.45, 2.75) is 108 Å². The molecule has 5 rings (SSSR count). The third-order valence-electron chi connectivity index (χ3n) is 9.00. The number of amides is 1. The van der Waals surface area contributed by atoms with Gasteiger partial charge in [-0.15, -0.1) is 0 Å². The highest BCUT2D eigenvalue weighted by Gasteiger charge is 2.47. The zero-order chi connectivity index (χ0) is 30.0. The first-order chi connectivity index (χ1) is 19.0. The molecule has 2 atom stereocenters. The minimum Gasteiger partial charge on any atom is -0.444 e. The lowest BCUT2D eigenvalue weighted by Crippen LogP contribution is -2.57. The molecule has 2 aliphatic heterocycles. The molecule has 1 saturated carbocycles. The predicted octanol–water partition coefficient (Wildman–Crippen LogP) is 7.30. The second-order valence-electron chi connectivity index (χ2n) is 14.5. The summed E-state index contributed by atoms with van der Waals surface area (Å²) in [5, 5.41) is 1.01. The van der Waals surface area contributed by atoms with Gasteiger partial charge in [0.1, 0.15) is 16.9 Å². The second kappa shape index (κ2) is 10.8. The van der Waals surface area contributed by atoms with Crippen LogP contribution in [0.25, 0.3) is 10.9 Å². The van der Waals surface area contributed by atoms with Crippen molar-refractivity contribution in [2.75, 3.05) is 30.3 Å². The Balaban J connectivity index is 1.37. The minimum absolute atomic E-state index is 0.00274. The van der Waals surface area contributed by atoms with Crippen molar-refractivity contribution in [1.82, 2.24) is 19.9 Å². The van der Waals surface area contributed by atoms with Crippen molar-refractivity contribution < 1.29 is 18.3 Å². The summed E-state index contributed by atoms with van der Waals surface area (Å²) in [4.78, 5) is 30.7. The largest absolute Gasteiger partial charge is 0.444 e. The maximum Gasteiger partial charge on any atom is 0.410 e. The van der Waals surface area contributed by atoms with E-state index in [1.807, 2.05) is 25.7 Å². The zero-order valence-corrected chi connectivity index (χ0v) is 28.1. The van der Waals surface area contributed by atoms with E-state index in [1.54, 1.807) is 18.0 Å². The van der Waals surface area contributed by atoms with Crippen molar-refractivity contribution in [3.63, 3.8) is 0 Å². The first-order valence-corrected chi connectivity index (χ1v) is 18.8. The molecule has 2 aromatic rings. The SMILES string of the molecule is CC(C)(C)OC(=O)N1C2CCC1CN(c1nc(SCC3(CO[Si](C)(C)C(C)(C)C)CC3)nc3c(F)c(Cl)ncc13)C2. The molecule has 2 unspecified atom stereocenters. The molecule has 3 fully saturated rings. The number of hydrogen-bond donors (Lipinski definition) is 0. The summed E-state index contributed by atoms with van der Waals surface area (Å²) in [6.07, 6.45) is 5.27. The number of nitrogens with zero attached hydrogens (tertiary/aromatic N) is 5. The Bertz CT molecular complexity index is 1320. The van der Waals surface area contributed by atoms with E-state index in [9.17, 15) is 4.79 Å². The first-order valence-electron chi connectivity index (χ1n) is 14.5. The van der Waals surface area contributed by atoms with Crippen LogP contribution in [0.4, 0.5) is 15.0 Å². The second-order valence-corrected chi connectivity index (χ2v) is 20.6. The van der Waals surface area contributed by atoms with Crippen LogP contribution in [0.15, 0.2) is 11.4 Å². The Morgan fingerprint density at radius 2 is 1.78 bits per heavy atom. The minimum atomic E-state index is -1.85. The number of fused-ring (bicyclic) bond motifs is 3. The lowest BCUT2D eigenvalue weighted by molar-refractivity contribution is 0.0123. The fourth-order valence-corrected chi connectivity index (χ4v) is 7.62. The summed E-state index contributed by atoms with van der Waals surface area (Å²) >= 11 is 7.64. The predicted molar refractivity (Wildman–Crippen MR) is 165 cm³/mol. The Labute approximate surface area is 253 Å². The molecule has 4 heterocycles. The quantitative estimate of drug-likeness (QED) is 0.138. The number of anilines is 1. The Kier molecular flexibility index (Phi) is 8.09. The van der Waals surface area contributed by atoms with Crippen LogP contribution in [0.5, 0.6) is 0 Å². The normalized spacial score (nSPS) is 22.4. The average molecular weight is 624 g/mol. The van der Waals surface area contributed by atoms with Gasteiger partial charge in [0.15, 0.2) is 24.4 Å². The molecular formula is C29H43ClFN5O3SSi. The van der Waals surface area contributed by atoms with Gasteiger partial charge in [0.05, 0.1) is 17.5 Å². The zero-order valence-electron chi connectivity index (χ0n) is 25.5. The van der Waals surface area contributed by atoms with Crippen LogP contribution < -0.4 is 4.90 Å². The monoisotopic (exact) mass is 623 g/mol. The van der Waals surface area contributed by atoms with E-state index in [4.69, 9.17) is 25.7 Å². The van der Waals surface area contributed by atoms with E-state index >= 15 is 4.39 Å². The van der Waals surface area contributed by atoms with E-state index in [-0.39, 0.29) is 39.3 Å². The molecule has 2 saturated heterocycles. The molecule has 226 valence electrons. The van der Waals surface area contributed by atoms with Gasteiger partial charge < -0.3 is 14.1 Å². The van der Waals surface area contributed by atoms with E-state index < -0.39 is 19.7 Å². The van der Waals surface area contributed by atoms with Crippen LogP contribution in [0, 0.1) is 11.2 Å². The third kappa shape index (κ3) is 6.48. The maximum absolute atomic E-state index is 15.3. The molecule has 12 heteroatoms. The van der Waals surface area contributed by atoms with E-state index in [1.165, 1.54) is 0 Å². The third-order valence-corrected chi connectivity index (χ3v) is 14.9. The molecular weight excluding hydrogens is 581 g/mol. The summed E-state index contributed by atoms with van der Waals surface area (Å²) in [7, 11) is -1.85. The average Bonchev–Trinajstić information content (AvgIpc) is 3.59. The number of hydrogen-bond acceptors (Lipinski definition) is 8. The van der Waals surface area contributed by atoms with E-state index in [2.05, 4.69) is 48.7 Å². The first kappa shape index (κ1) is 30.8. The standard InChI is InChI=1S/C29H43ClFN5O3SSi/c1-27(2,3)39-26(37)36-18-9-10-19(36)15-35(14-18)24-20-13-32-23(30)21(31)22(20)33-25(34-24)40-17-29(11-12-29)16-38-41(7,8)28(4,5)6/h13,18-19H,9-12,14-17H2,1-8H3. The van der Waals surface area contributed by atoms with Gasteiger partial charge in [0.2, 0.25) is 0 Å². The Hall–Kier alpha value is -1.69. The highest BCUT2D eigenvalue weighted by atomic mass is 35.5. The number of aromatic nitrogens is 3. The van der Waals surface area contributed by atoms with Gasteiger partial charge in [-0.3, -0.25) is 4.90 Å².